The van der Waals surface area contributed by atoms with E-state index in [1.54, 1.807) is 11.3 Å². The van der Waals surface area contributed by atoms with Crippen molar-refractivity contribution in [2.75, 3.05) is 7.11 Å². The predicted molar refractivity (Wildman–Crippen MR) is 70.3 cm³/mol. The van der Waals surface area contributed by atoms with Crippen LogP contribution in [0.25, 0.3) is 5.78 Å². The summed E-state index contributed by atoms with van der Waals surface area (Å²) in [5.74, 6) is 0.0492. The minimum Gasteiger partial charge on any atom is -0.468 e. The molecule has 0 aliphatic carbocycles. The van der Waals surface area contributed by atoms with Crippen LogP contribution in [0.2, 0.25) is 0 Å². The summed E-state index contributed by atoms with van der Waals surface area (Å²) in [6.07, 6.45) is 0.665. The third-order valence-corrected chi connectivity index (χ3v) is 3.65. The van der Waals surface area contributed by atoms with Gasteiger partial charge in [-0.05, 0) is 13.3 Å². The number of fused-ring (bicyclic) bond motifs is 1. The third-order valence-electron chi connectivity index (χ3n) is 2.63. The molecule has 102 valence electrons. The van der Waals surface area contributed by atoms with Crippen molar-refractivity contribution in [3.05, 3.63) is 22.1 Å². The molecule has 2 heterocycles. The molecule has 0 aliphatic rings. The Balaban J connectivity index is 2.45. The van der Waals surface area contributed by atoms with Crippen molar-refractivity contribution in [3.63, 3.8) is 0 Å². The number of hydrogen-bond acceptors (Lipinski definition) is 6. The molecule has 0 aromatic carbocycles. The number of carbonyl (C=O) groups excluding carboxylic acids is 1. The number of nitrogens with one attached hydrogen (secondary N) is 1. The van der Waals surface area contributed by atoms with Crippen LogP contribution in [0.1, 0.15) is 19.5 Å². The maximum atomic E-state index is 11.4. The highest BCUT2D eigenvalue weighted by molar-refractivity contribution is 8.00. The topological polar surface area (TPSA) is 89.4 Å². The van der Waals surface area contributed by atoms with E-state index in [4.69, 9.17) is 0 Å². The molecule has 0 fully saturated rings. The lowest BCUT2D eigenvalue weighted by molar-refractivity contribution is -0.139. The van der Waals surface area contributed by atoms with E-state index in [-0.39, 0.29) is 11.5 Å². The van der Waals surface area contributed by atoms with Gasteiger partial charge in [-0.15, -0.1) is 10.2 Å². The van der Waals surface area contributed by atoms with Crippen molar-refractivity contribution in [1.82, 2.24) is 19.6 Å². The molecule has 0 aliphatic heterocycles. The van der Waals surface area contributed by atoms with Gasteiger partial charge >= 0.3 is 5.97 Å². The second-order valence-corrected chi connectivity index (χ2v) is 5.21. The standard InChI is InChI=1S/C11H14N4O3S/c1-4-7-5-8(16)12-10-13-14-11(15(7)10)19-6(2)9(17)18-3/h5-6H,4H2,1-3H3,(H,12,13,16)/t6-/m0/s1. The summed E-state index contributed by atoms with van der Waals surface area (Å²) in [6.45, 7) is 3.67. The summed E-state index contributed by atoms with van der Waals surface area (Å²) in [5.41, 5.74) is 0.581. The molecule has 2 aromatic rings. The van der Waals surface area contributed by atoms with Gasteiger partial charge in [-0.25, -0.2) is 0 Å². The van der Waals surface area contributed by atoms with Gasteiger partial charge in [-0.2, -0.15) is 0 Å². The van der Waals surface area contributed by atoms with E-state index in [0.29, 0.717) is 17.4 Å². The van der Waals surface area contributed by atoms with E-state index in [1.165, 1.54) is 24.9 Å². The lowest BCUT2D eigenvalue weighted by Crippen LogP contribution is -2.16. The van der Waals surface area contributed by atoms with E-state index < -0.39 is 5.25 Å². The molecule has 0 spiro atoms. The minimum absolute atomic E-state index is 0.214. The molecule has 0 saturated carbocycles. The van der Waals surface area contributed by atoms with Gasteiger partial charge in [0.05, 0.1) is 7.11 Å². The number of H-pyrrole nitrogens is 1. The number of aromatic nitrogens is 4. The number of methoxy groups -OCH3 is 1. The molecular formula is C11H14N4O3S. The summed E-state index contributed by atoms with van der Waals surface area (Å²) in [7, 11) is 1.34. The average Bonchev–Trinajstić information content (AvgIpc) is 2.79. The normalized spacial score (nSPS) is 12.6. The number of hydrogen-bond donors (Lipinski definition) is 1. The molecule has 2 aromatic heterocycles. The van der Waals surface area contributed by atoms with Gasteiger partial charge in [0.1, 0.15) is 5.25 Å². The van der Waals surface area contributed by atoms with Gasteiger partial charge < -0.3 is 4.74 Å². The largest absolute Gasteiger partial charge is 0.468 e. The van der Waals surface area contributed by atoms with Crippen molar-refractivity contribution in [1.29, 1.82) is 0 Å². The van der Waals surface area contributed by atoms with Crippen molar-refractivity contribution in [2.24, 2.45) is 0 Å². The first-order valence-corrected chi connectivity index (χ1v) is 6.66. The number of rotatable bonds is 4. The molecular weight excluding hydrogens is 268 g/mol. The van der Waals surface area contributed by atoms with Gasteiger partial charge in [0.25, 0.3) is 5.56 Å². The van der Waals surface area contributed by atoms with Gasteiger partial charge in [0.2, 0.25) is 5.78 Å². The summed E-state index contributed by atoms with van der Waals surface area (Å²) in [4.78, 5) is 25.5. The Morgan fingerprint density at radius 3 is 2.95 bits per heavy atom. The Kier molecular flexibility index (Phi) is 3.89. The summed E-state index contributed by atoms with van der Waals surface area (Å²) >= 11 is 1.24. The number of aryl methyl sites for hydroxylation is 1. The van der Waals surface area contributed by atoms with Crippen LogP contribution in [-0.2, 0) is 16.0 Å². The summed E-state index contributed by atoms with van der Waals surface area (Å²) in [6, 6.07) is 1.50. The molecule has 7 nitrogen and oxygen atoms in total. The van der Waals surface area contributed by atoms with E-state index in [0.717, 1.165) is 5.69 Å². The fourth-order valence-electron chi connectivity index (χ4n) is 1.68. The number of ether oxygens (including phenoxy) is 1. The molecule has 0 saturated heterocycles. The Morgan fingerprint density at radius 1 is 1.58 bits per heavy atom. The van der Waals surface area contributed by atoms with Gasteiger partial charge in [-0.1, -0.05) is 18.7 Å². The Morgan fingerprint density at radius 2 is 2.32 bits per heavy atom. The second kappa shape index (κ2) is 5.43. The fourth-order valence-corrected chi connectivity index (χ4v) is 2.59. The molecule has 0 amide bonds. The van der Waals surface area contributed by atoms with E-state index >= 15 is 0 Å². The zero-order valence-electron chi connectivity index (χ0n) is 10.8. The predicted octanol–water partition coefficient (Wildman–Crippen LogP) is 0.634. The first-order chi connectivity index (χ1) is 9.06. The van der Waals surface area contributed by atoms with E-state index in [9.17, 15) is 9.59 Å². The number of nitrogens with zero attached hydrogens (tertiary/aromatic N) is 3. The van der Waals surface area contributed by atoms with Crippen LogP contribution < -0.4 is 5.56 Å². The first-order valence-electron chi connectivity index (χ1n) is 5.78. The zero-order valence-corrected chi connectivity index (χ0v) is 11.7. The highest BCUT2D eigenvalue weighted by atomic mass is 32.2. The highest BCUT2D eigenvalue weighted by Crippen LogP contribution is 2.23. The summed E-state index contributed by atoms with van der Waals surface area (Å²) in [5, 5.41) is 8.07. The zero-order chi connectivity index (χ0) is 14.0. The van der Waals surface area contributed by atoms with Crippen LogP contribution in [0.4, 0.5) is 0 Å². The number of thioether (sulfide) groups is 1. The SMILES string of the molecule is CCc1cc(=O)[nH]c2nnc(S[C@@H](C)C(=O)OC)n12. The maximum Gasteiger partial charge on any atom is 0.318 e. The van der Waals surface area contributed by atoms with Gasteiger partial charge in [0.15, 0.2) is 5.16 Å². The fraction of sp³-hybridized carbons (Fsp3) is 0.455. The van der Waals surface area contributed by atoms with Crippen LogP contribution in [0, 0.1) is 0 Å². The quantitative estimate of drug-likeness (QED) is 0.653. The van der Waals surface area contributed by atoms with Crippen LogP contribution >= 0.6 is 11.8 Å². The second-order valence-electron chi connectivity index (χ2n) is 3.90. The molecule has 19 heavy (non-hydrogen) atoms. The smallest absolute Gasteiger partial charge is 0.318 e. The Labute approximate surface area is 113 Å². The lowest BCUT2D eigenvalue weighted by Gasteiger charge is -2.08. The van der Waals surface area contributed by atoms with E-state index in [1.807, 2.05) is 6.92 Å². The van der Waals surface area contributed by atoms with Crippen LogP contribution in [0.5, 0.6) is 0 Å². The highest BCUT2D eigenvalue weighted by Gasteiger charge is 2.19. The average molecular weight is 282 g/mol. The molecule has 1 N–H and O–H groups in total. The maximum absolute atomic E-state index is 11.4. The number of carbonyl (C=O) groups is 1. The lowest BCUT2D eigenvalue weighted by atomic mass is 10.3. The van der Waals surface area contributed by atoms with E-state index in [2.05, 4.69) is 19.9 Å². The van der Waals surface area contributed by atoms with Crippen molar-refractivity contribution in [2.45, 2.75) is 30.7 Å². The van der Waals surface area contributed by atoms with Crippen molar-refractivity contribution < 1.29 is 9.53 Å². The Bertz CT molecular complexity index is 663. The van der Waals surface area contributed by atoms with Crippen molar-refractivity contribution >= 4 is 23.5 Å². The number of esters is 1. The number of aromatic amines is 1. The molecule has 8 heteroatoms. The van der Waals surface area contributed by atoms with Crippen LogP contribution in [0.3, 0.4) is 0 Å². The van der Waals surface area contributed by atoms with Crippen LogP contribution in [-0.4, -0.2) is 37.9 Å². The molecule has 0 bridgehead atoms. The molecule has 0 radical (unpaired) electrons. The Hall–Kier alpha value is -1.83. The molecule has 0 unspecified atom stereocenters. The van der Waals surface area contributed by atoms with Gasteiger partial charge in [0, 0.05) is 11.8 Å². The third kappa shape index (κ3) is 2.62. The van der Waals surface area contributed by atoms with Crippen LogP contribution in [0.15, 0.2) is 16.0 Å². The first kappa shape index (κ1) is 13.6. The molecule has 2 rings (SSSR count). The molecule has 1 atom stereocenters. The van der Waals surface area contributed by atoms with Crippen molar-refractivity contribution in [3.8, 4) is 0 Å². The van der Waals surface area contributed by atoms with Gasteiger partial charge in [-0.3, -0.25) is 19.0 Å². The monoisotopic (exact) mass is 282 g/mol. The summed E-state index contributed by atoms with van der Waals surface area (Å²) < 4.78 is 6.42. The minimum atomic E-state index is -0.394.